The number of nitrogens with one attached hydrogen (secondary N) is 1. The highest BCUT2D eigenvalue weighted by atomic mass is 16.4. The van der Waals surface area contributed by atoms with E-state index in [9.17, 15) is 9.90 Å². The van der Waals surface area contributed by atoms with Crippen molar-refractivity contribution in [1.82, 2.24) is 14.9 Å². The summed E-state index contributed by atoms with van der Waals surface area (Å²) in [4.78, 5) is 21.5. The Labute approximate surface area is 136 Å². The smallest absolute Gasteiger partial charge is 0.308 e. The van der Waals surface area contributed by atoms with E-state index < -0.39 is 5.97 Å². The molecule has 0 amide bonds. The third kappa shape index (κ3) is 3.45. The van der Waals surface area contributed by atoms with Crippen LogP contribution in [0.25, 0.3) is 0 Å². The van der Waals surface area contributed by atoms with Gasteiger partial charge in [-0.2, -0.15) is 0 Å². The number of carbonyl (C=O) groups is 1. The monoisotopic (exact) mass is 313 g/mol. The van der Waals surface area contributed by atoms with Gasteiger partial charge in [-0.15, -0.1) is 0 Å². The van der Waals surface area contributed by atoms with Crippen LogP contribution in [-0.4, -0.2) is 39.0 Å². The molecule has 1 aliphatic heterocycles. The lowest BCUT2D eigenvalue weighted by molar-refractivity contribution is -0.141. The molecule has 0 unspecified atom stereocenters. The van der Waals surface area contributed by atoms with Gasteiger partial charge in [-0.3, -0.25) is 9.69 Å². The molecule has 5 nitrogen and oxygen atoms in total. The van der Waals surface area contributed by atoms with Crippen molar-refractivity contribution in [3.8, 4) is 0 Å². The molecule has 0 aliphatic carbocycles. The fourth-order valence-corrected chi connectivity index (χ4v) is 3.29. The fraction of sp³-hybridized carbons (Fsp3) is 0.444. The number of hydrogen-bond acceptors (Lipinski definition) is 3. The molecule has 2 aromatic rings. The highest BCUT2D eigenvalue weighted by molar-refractivity contribution is 5.72. The Morgan fingerprint density at radius 1 is 1.35 bits per heavy atom. The Morgan fingerprint density at radius 2 is 2.09 bits per heavy atom. The number of carboxylic acids is 1. The molecule has 2 atom stereocenters. The predicted molar refractivity (Wildman–Crippen MR) is 88.3 cm³/mol. The third-order valence-electron chi connectivity index (χ3n) is 4.65. The zero-order valence-electron chi connectivity index (χ0n) is 13.6. The number of hydrogen-bond donors (Lipinski definition) is 2. The standard InChI is InChI=1S/C18H23N3O2/c1-3-14-8-19-17(20-14)11-21-9-15(16(10-21)18(22)23)13-6-4-12(2)5-7-13/h4-8,15-16H,3,9-11H2,1-2H3,(H,19,20)(H,22,23)/t15-,16+/m1/s1. The molecular weight excluding hydrogens is 290 g/mol. The Hall–Kier alpha value is -2.14. The molecule has 1 aromatic carbocycles. The van der Waals surface area contributed by atoms with E-state index in [4.69, 9.17) is 0 Å². The Kier molecular flexibility index (Phi) is 4.48. The molecule has 5 heteroatoms. The van der Waals surface area contributed by atoms with E-state index in [1.165, 1.54) is 5.56 Å². The highest BCUT2D eigenvalue weighted by Crippen LogP contribution is 2.33. The first kappa shape index (κ1) is 15.7. The number of aliphatic carboxylic acids is 1. The first-order valence-corrected chi connectivity index (χ1v) is 8.11. The number of H-pyrrole nitrogens is 1. The average molecular weight is 313 g/mol. The van der Waals surface area contributed by atoms with Gasteiger partial charge in [-0.05, 0) is 18.9 Å². The predicted octanol–water partition coefficient (Wildman–Crippen LogP) is 2.58. The van der Waals surface area contributed by atoms with Crippen LogP contribution in [0.15, 0.2) is 30.5 Å². The molecule has 0 radical (unpaired) electrons. The van der Waals surface area contributed by atoms with Gasteiger partial charge >= 0.3 is 5.97 Å². The maximum atomic E-state index is 11.7. The van der Waals surface area contributed by atoms with Crippen molar-refractivity contribution in [3.63, 3.8) is 0 Å². The summed E-state index contributed by atoms with van der Waals surface area (Å²) in [6.07, 6.45) is 2.79. The summed E-state index contributed by atoms with van der Waals surface area (Å²) in [7, 11) is 0. The SMILES string of the molecule is CCc1cnc(CN2C[C@H](C(=O)O)[C@@H](c3ccc(C)cc3)C2)[nH]1. The summed E-state index contributed by atoms with van der Waals surface area (Å²) in [5.41, 5.74) is 3.42. The summed E-state index contributed by atoms with van der Waals surface area (Å²) < 4.78 is 0. The van der Waals surface area contributed by atoms with Crippen LogP contribution in [0.5, 0.6) is 0 Å². The van der Waals surface area contributed by atoms with Crippen LogP contribution >= 0.6 is 0 Å². The molecule has 3 rings (SSSR count). The van der Waals surface area contributed by atoms with Crippen molar-refractivity contribution >= 4 is 5.97 Å². The van der Waals surface area contributed by atoms with Crippen LogP contribution in [-0.2, 0) is 17.8 Å². The third-order valence-corrected chi connectivity index (χ3v) is 4.65. The summed E-state index contributed by atoms with van der Waals surface area (Å²) in [5, 5.41) is 9.58. The number of likely N-dealkylation sites (tertiary alicyclic amines) is 1. The van der Waals surface area contributed by atoms with Gasteiger partial charge in [0.1, 0.15) is 5.82 Å². The molecule has 0 spiro atoms. The second-order valence-electron chi connectivity index (χ2n) is 6.36. The molecule has 122 valence electrons. The minimum atomic E-state index is -0.716. The number of carboxylic acid groups (broad SMARTS) is 1. The maximum absolute atomic E-state index is 11.7. The maximum Gasteiger partial charge on any atom is 0.308 e. The van der Waals surface area contributed by atoms with Crippen LogP contribution < -0.4 is 0 Å². The van der Waals surface area contributed by atoms with Crippen LogP contribution in [0.2, 0.25) is 0 Å². The normalized spacial score (nSPS) is 21.7. The Bertz CT molecular complexity index is 678. The zero-order valence-corrected chi connectivity index (χ0v) is 13.6. The van der Waals surface area contributed by atoms with Crippen LogP contribution in [0, 0.1) is 12.8 Å². The van der Waals surface area contributed by atoms with Gasteiger partial charge in [0.15, 0.2) is 0 Å². The van der Waals surface area contributed by atoms with Crippen molar-refractivity contribution in [2.75, 3.05) is 13.1 Å². The van der Waals surface area contributed by atoms with Crippen LogP contribution in [0.4, 0.5) is 0 Å². The summed E-state index contributed by atoms with van der Waals surface area (Å²) >= 11 is 0. The molecule has 23 heavy (non-hydrogen) atoms. The number of aryl methyl sites for hydroxylation is 2. The van der Waals surface area contributed by atoms with Gasteiger partial charge < -0.3 is 10.1 Å². The topological polar surface area (TPSA) is 69.2 Å². The highest BCUT2D eigenvalue weighted by Gasteiger charge is 2.38. The van der Waals surface area contributed by atoms with Gasteiger partial charge in [0.25, 0.3) is 0 Å². The molecule has 0 bridgehead atoms. The molecule has 1 aromatic heterocycles. The number of benzene rings is 1. The lowest BCUT2D eigenvalue weighted by atomic mass is 9.89. The van der Waals surface area contributed by atoms with E-state index in [0.29, 0.717) is 13.1 Å². The summed E-state index contributed by atoms with van der Waals surface area (Å²) in [6, 6.07) is 8.22. The quantitative estimate of drug-likeness (QED) is 0.890. The van der Waals surface area contributed by atoms with E-state index in [-0.39, 0.29) is 11.8 Å². The van der Waals surface area contributed by atoms with Crippen molar-refractivity contribution in [2.45, 2.75) is 32.7 Å². The second kappa shape index (κ2) is 6.54. The minimum Gasteiger partial charge on any atom is -0.481 e. The first-order valence-electron chi connectivity index (χ1n) is 8.11. The van der Waals surface area contributed by atoms with Crippen LogP contribution in [0.1, 0.15) is 35.5 Å². The molecule has 2 heterocycles. The lowest BCUT2D eigenvalue weighted by Crippen LogP contribution is -2.23. The first-order chi connectivity index (χ1) is 11.1. The van der Waals surface area contributed by atoms with Crippen molar-refractivity contribution in [2.24, 2.45) is 5.92 Å². The van der Waals surface area contributed by atoms with Gasteiger partial charge in [0.2, 0.25) is 0 Å². The Balaban J connectivity index is 1.75. The fourth-order valence-electron chi connectivity index (χ4n) is 3.29. The zero-order chi connectivity index (χ0) is 16.4. The number of aromatic amines is 1. The molecule has 2 N–H and O–H groups in total. The van der Waals surface area contributed by atoms with Gasteiger partial charge in [0.05, 0.1) is 12.5 Å². The Morgan fingerprint density at radius 3 is 2.70 bits per heavy atom. The lowest BCUT2D eigenvalue weighted by Gasteiger charge is -2.15. The van der Waals surface area contributed by atoms with E-state index in [0.717, 1.165) is 30.0 Å². The second-order valence-corrected chi connectivity index (χ2v) is 6.36. The van der Waals surface area contributed by atoms with Crippen molar-refractivity contribution in [3.05, 3.63) is 53.1 Å². The molecular formula is C18H23N3O2. The minimum absolute atomic E-state index is 0.0358. The largest absolute Gasteiger partial charge is 0.481 e. The molecule has 1 aliphatic rings. The van der Waals surface area contributed by atoms with E-state index in [1.807, 2.05) is 13.1 Å². The molecule has 1 fully saturated rings. The number of imidazole rings is 1. The summed E-state index contributed by atoms with van der Waals surface area (Å²) in [5.74, 6) is -0.130. The van der Waals surface area contributed by atoms with Gasteiger partial charge in [-0.25, -0.2) is 4.98 Å². The van der Waals surface area contributed by atoms with Gasteiger partial charge in [-0.1, -0.05) is 36.8 Å². The average Bonchev–Trinajstić information content (AvgIpc) is 3.15. The van der Waals surface area contributed by atoms with E-state index >= 15 is 0 Å². The molecule has 0 saturated carbocycles. The van der Waals surface area contributed by atoms with Gasteiger partial charge in [0, 0.05) is 30.9 Å². The van der Waals surface area contributed by atoms with Crippen LogP contribution in [0.3, 0.4) is 0 Å². The van der Waals surface area contributed by atoms with Crippen molar-refractivity contribution < 1.29 is 9.90 Å². The number of nitrogens with zero attached hydrogens (tertiary/aromatic N) is 2. The van der Waals surface area contributed by atoms with E-state index in [2.05, 4.69) is 46.1 Å². The number of aromatic nitrogens is 2. The van der Waals surface area contributed by atoms with Crippen molar-refractivity contribution in [1.29, 1.82) is 0 Å². The van der Waals surface area contributed by atoms with E-state index in [1.54, 1.807) is 0 Å². The molecule has 1 saturated heterocycles. The number of rotatable bonds is 5. The summed E-state index contributed by atoms with van der Waals surface area (Å²) in [6.45, 7) is 6.12.